The summed E-state index contributed by atoms with van der Waals surface area (Å²) in [6.07, 6.45) is -4.12. The Balaban J connectivity index is 1.88. The van der Waals surface area contributed by atoms with Gasteiger partial charge in [-0.2, -0.15) is 0 Å². The fourth-order valence-electron chi connectivity index (χ4n) is 5.60. The number of aliphatic hydroxyl groups excluding tert-OH is 6. The quantitative estimate of drug-likeness (QED) is 0.0490. The number of piperidine rings is 1. The molecular weight excluding hydrogens is 590 g/mol. The Morgan fingerprint density at radius 3 is 2.50 bits per heavy atom. The summed E-state index contributed by atoms with van der Waals surface area (Å²) in [5.41, 5.74) is -0.0104. The Hall–Kier alpha value is -2.48. The van der Waals surface area contributed by atoms with Crippen molar-refractivity contribution in [3.8, 4) is 0 Å². The number of likely N-dealkylation sites (tertiary alicyclic amines) is 1. The molecule has 2 fully saturated rings. The summed E-state index contributed by atoms with van der Waals surface area (Å²) in [7, 11) is 0. The van der Waals surface area contributed by atoms with Crippen LogP contribution in [-0.2, 0) is 28.5 Å². The summed E-state index contributed by atoms with van der Waals surface area (Å²) in [6.45, 7) is 3.16. The van der Waals surface area contributed by atoms with Crippen molar-refractivity contribution in [3.63, 3.8) is 0 Å². The number of esters is 1. The van der Waals surface area contributed by atoms with Gasteiger partial charge in [0.2, 0.25) is 12.1 Å². The van der Waals surface area contributed by atoms with Gasteiger partial charge < -0.3 is 74.6 Å². The molecule has 0 aromatic rings. The SMILES string of the molecule is C=CC1C(OC2OC(CO)C(O)C(O)(O)C2O)OC=C(C(=O)OCCC(O)CO)C1C=CC1CC(C(=O)[O-])C[NH+](CCO)C1. The molecule has 3 heterocycles. The van der Waals surface area contributed by atoms with Crippen molar-refractivity contribution >= 4 is 11.9 Å². The van der Waals surface area contributed by atoms with Gasteiger partial charge in [-0.3, -0.25) is 0 Å². The van der Waals surface area contributed by atoms with Crippen molar-refractivity contribution in [1.82, 2.24) is 0 Å². The summed E-state index contributed by atoms with van der Waals surface area (Å²) in [4.78, 5) is 25.6. The molecule has 0 aromatic carbocycles. The van der Waals surface area contributed by atoms with Crippen LogP contribution in [0, 0.1) is 23.7 Å². The van der Waals surface area contributed by atoms with Gasteiger partial charge in [0.25, 0.3) is 0 Å². The maximum Gasteiger partial charge on any atom is 0.337 e. The first-order valence-corrected chi connectivity index (χ1v) is 14.4. The van der Waals surface area contributed by atoms with E-state index in [1.165, 1.54) is 6.08 Å². The highest BCUT2D eigenvalue weighted by molar-refractivity contribution is 5.89. The zero-order chi connectivity index (χ0) is 32.6. The van der Waals surface area contributed by atoms with Crippen LogP contribution in [0.25, 0.3) is 0 Å². The van der Waals surface area contributed by atoms with Crippen molar-refractivity contribution in [2.45, 2.75) is 55.6 Å². The molecule has 3 aliphatic heterocycles. The van der Waals surface area contributed by atoms with Gasteiger partial charge in [-0.1, -0.05) is 18.2 Å². The van der Waals surface area contributed by atoms with E-state index in [2.05, 4.69) is 6.58 Å². The van der Waals surface area contributed by atoms with Crippen LogP contribution in [0.1, 0.15) is 12.8 Å². The molecule has 3 aliphatic rings. The number of nitrogens with one attached hydrogen (secondary N) is 1. The number of ether oxygens (including phenoxy) is 4. The third-order valence-corrected chi connectivity index (χ3v) is 8.12. The van der Waals surface area contributed by atoms with E-state index in [9.17, 15) is 50.4 Å². The van der Waals surface area contributed by atoms with E-state index in [4.69, 9.17) is 24.1 Å². The molecule has 0 spiro atoms. The maximum atomic E-state index is 13.1. The first-order chi connectivity index (χ1) is 20.9. The molecule has 0 aliphatic carbocycles. The summed E-state index contributed by atoms with van der Waals surface area (Å²) >= 11 is 0. The second-order valence-corrected chi connectivity index (χ2v) is 11.2. The van der Waals surface area contributed by atoms with E-state index in [0.29, 0.717) is 13.1 Å². The average molecular weight is 634 g/mol. The molecular formula is C28H43NO15. The third-order valence-electron chi connectivity index (χ3n) is 8.12. The predicted molar refractivity (Wildman–Crippen MR) is 143 cm³/mol. The fraction of sp³-hybridized carbons (Fsp3) is 0.714. The molecule has 11 unspecified atom stereocenters. The number of allylic oxidation sites excluding steroid dienone is 1. The number of carboxylic acids is 1. The number of rotatable bonds is 14. The highest BCUT2D eigenvalue weighted by Crippen LogP contribution is 2.37. The number of quaternary nitrogens is 1. The molecule has 9 N–H and O–H groups in total. The number of aliphatic hydroxyl groups is 8. The Kier molecular flexibility index (Phi) is 13.2. The van der Waals surface area contributed by atoms with E-state index in [0.717, 1.165) is 11.2 Å². The van der Waals surface area contributed by atoms with Crippen molar-refractivity contribution in [3.05, 3.63) is 36.6 Å². The van der Waals surface area contributed by atoms with Gasteiger partial charge in [-0.15, -0.1) is 6.58 Å². The predicted octanol–water partition coefficient (Wildman–Crippen LogP) is -6.11. The lowest BCUT2D eigenvalue weighted by atomic mass is 9.81. The van der Waals surface area contributed by atoms with Gasteiger partial charge in [0.05, 0.1) is 69.3 Å². The lowest BCUT2D eigenvalue weighted by molar-refractivity contribution is -0.911. The van der Waals surface area contributed by atoms with Crippen LogP contribution in [0.5, 0.6) is 0 Å². The number of hydrogen-bond donors (Lipinski definition) is 9. The van der Waals surface area contributed by atoms with Crippen LogP contribution >= 0.6 is 0 Å². The Morgan fingerprint density at radius 2 is 1.89 bits per heavy atom. The molecule has 3 rings (SSSR count). The minimum atomic E-state index is -3.11. The zero-order valence-corrected chi connectivity index (χ0v) is 24.1. The number of carbonyl (C=O) groups is 2. The normalized spacial score (nSPS) is 36.2. The number of carbonyl (C=O) groups excluding carboxylic acids is 2. The van der Waals surface area contributed by atoms with E-state index in [1.807, 2.05) is 0 Å². The van der Waals surface area contributed by atoms with Gasteiger partial charge >= 0.3 is 5.97 Å². The van der Waals surface area contributed by atoms with Gasteiger partial charge in [0.15, 0.2) is 12.4 Å². The summed E-state index contributed by atoms with van der Waals surface area (Å²) in [5.74, 6) is -8.01. The summed E-state index contributed by atoms with van der Waals surface area (Å²) in [5, 5.41) is 90.1. The molecule has 0 amide bonds. The molecule has 44 heavy (non-hydrogen) atoms. The minimum Gasteiger partial charge on any atom is -0.550 e. The van der Waals surface area contributed by atoms with Gasteiger partial charge in [0, 0.05) is 24.2 Å². The smallest absolute Gasteiger partial charge is 0.337 e. The van der Waals surface area contributed by atoms with Crippen LogP contribution in [-0.4, -0.2) is 142 Å². The lowest BCUT2D eigenvalue weighted by Gasteiger charge is -2.46. The molecule has 16 nitrogen and oxygen atoms in total. The molecule has 0 radical (unpaired) electrons. The summed E-state index contributed by atoms with van der Waals surface area (Å²) < 4.78 is 22.0. The van der Waals surface area contributed by atoms with Crippen LogP contribution in [0.15, 0.2) is 36.6 Å². The van der Waals surface area contributed by atoms with Crippen LogP contribution < -0.4 is 10.0 Å². The maximum absolute atomic E-state index is 13.1. The van der Waals surface area contributed by atoms with Crippen molar-refractivity contribution < 1.29 is 79.4 Å². The molecule has 0 saturated carbocycles. The second-order valence-electron chi connectivity index (χ2n) is 11.2. The molecule has 0 bridgehead atoms. The summed E-state index contributed by atoms with van der Waals surface area (Å²) in [6, 6.07) is 0. The Bertz CT molecular complexity index is 1030. The standard InChI is InChI=1S/C28H43NO15/c1-2-18-19(4-3-15-9-16(24(36)37)11-29(10-15)6-7-30)20(25(38)41-8-5-17(33)12-31)14-42-26(18)44-27-23(35)28(39,40)22(34)21(13-32)43-27/h2-4,14-19,21-23,26-27,30-35,39-40H,1,5-13H2,(H,36,37). The Morgan fingerprint density at radius 1 is 1.16 bits per heavy atom. The molecule has 0 aromatic heterocycles. The first kappa shape index (κ1) is 36.0. The lowest BCUT2D eigenvalue weighted by Crippen LogP contribution is -3.15. The molecule has 250 valence electrons. The monoisotopic (exact) mass is 633 g/mol. The van der Waals surface area contributed by atoms with Gasteiger partial charge in [-0.25, -0.2) is 4.79 Å². The van der Waals surface area contributed by atoms with Crippen molar-refractivity contribution in [2.24, 2.45) is 23.7 Å². The van der Waals surface area contributed by atoms with Crippen molar-refractivity contribution in [2.75, 3.05) is 46.1 Å². The first-order valence-electron chi connectivity index (χ1n) is 14.4. The average Bonchev–Trinajstić information content (AvgIpc) is 3.00. The highest BCUT2D eigenvalue weighted by atomic mass is 16.8. The minimum absolute atomic E-state index is 0.0104. The van der Waals surface area contributed by atoms with Crippen LogP contribution in [0.3, 0.4) is 0 Å². The zero-order valence-electron chi connectivity index (χ0n) is 24.1. The molecule has 11 atom stereocenters. The Labute approximate surface area is 253 Å². The highest BCUT2D eigenvalue weighted by Gasteiger charge is 2.56. The molecule has 2 saturated heterocycles. The number of hydrogen-bond acceptors (Lipinski definition) is 15. The van der Waals surface area contributed by atoms with E-state index < -0.39 is 85.7 Å². The largest absolute Gasteiger partial charge is 0.550 e. The van der Waals surface area contributed by atoms with Gasteiger partial charge in [0.1, 0.15) is 18.8 Å². The fourth-order valence-corrected chi connectivity index (χ4v) is 5.60. The number of carboxylic acid groups (broad SMARTS) is 1. The number of aliphatic carboxylic acids is 1. The molecule has 16 heteroatoms. The van der Waals surface area contributed by atoms with Gasteiger partial charge in [-0.05, 0) is 6.42 Å². The van der Waals surface area contributed by atoms with E-state index in [-0.39, 0.29) is 44.1 Å². The van der Waals surface area contributed by atoms with Crippen LogP contribution in [0.4, 0.5) is 0 Å². The van der Waals surface area contributed by atoms with E-state index in [1.54, 1.807) is 12.2 Å². The second kappa shape index (κ2) is 16.2. The third kappa shape index (κ3) is 8.61. The topological polar surface area (TPSA) is 260 Å². The van der Waals surface area contributed by atoms with Crippen molar-refractivity contribution in [1.29, 1.82) is 0 Å². The van der Waals surface area contributed by atoms with E-state index >= 15 is 0 Å². The van der Waals surface area contributed by atoms with Crippen LogP contribution in [0.2, 0.25) is 0 Å².